The van der Waals surface area contributed by atoms with Gasteiger partial charge in [-0.3, -0.25) is 19.1 Å². The highest BCUT2D eigenvalue weighted by molar-refractivity contribution is 5.70. The van der Waals surface area contributed by atoms with Crippen LogP contribution in [0.15, 0.2) is 11.1 Å². The molecule has 0 radical (unpaired) electrons. The molecule has 3 heterocycles. The van der Waals surface area contributed by atoms with Gasteiger partial charge in [0.25, 0.3) is 5.56 Å². The van der Waals surface area contributed by atoms with Crippen LogP contribution < -0.4 is 11.3 Å². The Morgan fingerprint density at radius 2 is 2.43 bits per heavy atom. The molecule has 1 fully saturated rings. The van der Waals surface area contributed by atoms with Gasteiger partial charge in [-0.05, 0) is 0 Å². The van der Waals surface area contributed by atoms with Gasteiger partial charge in [0, 0.05) is 19.3 Å². The summed E-state index contributed by atoms with van der Waals surface area (Å²) in [5.74, 6) is -0.567. The number of aromatic amines is 1. The number of fused-ring (bicyclic) bond motifs is 1. The molecule has 0 aromatic carbocycles. The number of nitrogens with one attached hydrogen (secondary N) is 1. The molecule has 1 saturated heterocycles. The van der Waals surface area contributed by atoms with E-state index < -0.39 is 17.9 Å². The van der Waals surface area contributed by atoms with E-state index in [0.29, 0.717) is 12.1 Å². The molecule has 3 rings (SSSR count). The van der Waals surface area contributed by atoms with E-state index in [9.17, 15) is 14.7 Å². The number of hydrogen-bond acceptors (Lipinski definition) is 8. The smallest absolute Gasteiger partial charge is 0.302 e. The molecule has 0 spiro atoms. The standard InChI is InChI=1S/C13H17N5O5/c1-6(20)22-4-7-2-9(23-8(7)3-19)18-5-15-10-11(18)16-13(14)17-12(10)21/h5,7-9,19H,2-4H2,1H3,(H3,14,16,17,21)/t7-,8-,9-/m1/s1. The first kappa shape index (κ1) is 15.4. The predicted molar refractivity (Wildman–Crippen MR) is 78.3 cm³/mol. The molecule has 124 valence electrons. The van der Waals surface area contributed by atoms with Gasteiger partial charge < -0.3 is 20.3 Å². The molecule has 10 nitrogen and oxygen atoms in total. The van der Waals surface area contributed by atoms with Crippen molar-refractivity contribution >= 4 is 23.1 Å². The van der Waals surface area contributed by atoms with Crippen LogP contribution in [0.1, 0.15) is 19.6 Å². The zero-order valence-corrected chi connectivity index (χ0v) is 12.4. The summed E-state index contributed by atoms with van der Waals surface area (Å²) in [6.45, 7) is 1.27. The average molecular weight is 323 g/mol. The van der Waals surface area contributed by atoms with Crippen molar-refractivity contribution in [1.29, 1.82) is 0 Å². The van der Waals surface area contributed by atoms with E-state index in [2.05, 4.69) is 15.0 Å². The molecule has 1 aliphatic heterocycles. The Kier molecular flexibility index (Phi) is 4.01. The number of nitrogens with zero attached hydrogens (tertiary/aromatic N) is 3. The van der Waals surface area contributed by atoms with Crippen LogP contribution in [0.25, 0.3) is 11.2 Å². The molecule has 0 saturated carbocycles. The second-order valence-electron chi connectivity index (χ2n) is 5.39. The first-order valence-corrected chi connectivity index (χ1v) is 7.11. The number of carbonyl (C=O) groups excluding carboxylic acids is 1. The largest absolute Gasteiger partial charge is 0.465 e. The Morgan fingerprint density at radius 3 is 3.13 bits per heavy atom. The van der Waals surface area contributed by atoms with Gasteiger partial charge in [0.2, 0.25) is 5.95 Å². The Balaban J connectivity index is 1.88. The number of carbonyl (C=O) groups is 1. The zero-order chi connectivity index (χ0) is 16.6. The van der Waals surface area contributed by atoms with Crippen molar-refractivity contribution in [2.24, 2.45) is 5.92 Å². The average Bonchev–Trinajstić information content (AvgIpc) is 3.08. The summed E-state index contributed by atoms with van der Waals surface area (Å²) in [4.78, 5) is 33.2. The molecule has 4 N–H and O–H groups in total. The number of ether oxygens (including phenoxy) is 2. The lowest BCUT2D eigenvalue weighted by Crippen LogP contribution is -2.25. The lowest BCUT2D eigenvalue weighted by Gasteiger charge is -2.15. The number of imidazole rings is 1. The summed E-state index contributed by atoms with van der Waals surface area (Å²) in [5.41, 5.74) is 5.60. The molecule has 0 aliphatic carbocycles. The number of nitrogen functional groups attached to an aromatic ring is 1. The van der Waals surface area contributed by atoms with E-state index in [1.54, 1.807) is 4.57 Å². The minimum absolute atomic E-state index is 0.0163. The first-order valence-electron chi connectivity index (χ1n) is 7.11. The summed E-state index contributed by atoms with van der Waals surface area (Å²) in [6.07, 6.45) is 0.973. The Hall–Kier alpha value is -2.46. The number of aromatic nitrogens is 4. The highest BCUT2D eigenvalue weighted by atomic mass is 16.5. The number of esters is 1. The van der Waals surface area contributed by atoms with Crippen molar-refractivity contribution in [2.75, 3.05) is 18.9 Å². The normalized spacial score (nSPS) is 24.2. The fourth-order valence-electron chi connectivity index (χ4n) is 2.70. The van der Waals surface area contributed by atoms with E-state index >= 15 is 0 Å². The number of aliphatic hydroxyl groups is 1. The van der Waals surface area contributed by atoms with Crippen molar-refractivity contribution in [3.8, 4) is 0 Å². The second-order valence-corrected chi connectivity index (χ2v) is 5.39. The van der Waals surface area contributed by atoms with Crippen LogP contribution in [-0.2, 0) is 14.3 Å². The van der Waals surface area contributed by atoms with Gasteiger partial charge in [-0.1, -0.05) is 0 Å². The SMILES string of the molecule is CC(=O)OC[C@H]1C[C@H](n2cnc3c(=O)[nH]c(N)nc32)O[C@@H]1CO. The van der Waals surface area contributed by atoms with Gasteiger partial charge in [-0.15, -0.1) is 0 Å². The number of aliphatic hydroxyl groups excluding tert-OH is 1. The topological polar surface area (TPSA) is 145 Å². The van der Waals surface area contributed by atoms with Crippen LogP contribution in [0.3, 0.4) is 0 Å². The maximum Gasteiger partial charge on any atom is 0.302 e. The molecule has 2 aromatic heterocycles. The van der Waals surface area contributed by atoms with Crippen molar-refractivity contribution in [2.45, 2.75) is 25.7 Å². The molecule has 10 heteroatoms. The first-order chi connectivity index (χ1) is 11.0. The fourth-order valence-corrected chi connectivity index (χ4v) is 2.70. The number of anilines is 1. The van der Waals surface area contributed by atoms with Gasteiger partial charge in [0.05, 0.1) is 25.6 Å². The lowest BCUT2D eigenvalue weighted by molar-refractivity contribution is -0.143. The number of rotatable bonds is 4. The summed E-state index contributed by atoms with van der Waals surface area (Å²) in [6, 6.07) is 0. The predicted octanol–water partition coefficient (Wildman–Crippen LogP) is -0.839. The van der Waals surface area contributed by atoms with E-state index in [1.807, 2.05) is 0 Å². The Morgan fingerprint density at radius 1 is 1.65 bits per heavy atom. The third kappa shape index (κ3) is 2.90. The highest BCUT2D eigenvalue weighted by Gasteiger charge is 2.37. The monoisotopic (exact) mass is 323 g/mol. The Labute approximate surface area is 130 Å². The van der Waals surface area contributed by atoms with Crippen LogP contribution in [0.5, 0.6) is 0 Å². The molecule has 0 amide bonds. The quantitative estimate of drug-likeness (QED) is 0.617. The van der Waals surface area contributed by atoms with Crippen LogP contribution in [0, 0.1) is 5.92 Å². The van der Waals surface area contributed by atoms with Crippen LogP contribution in [-0.4, -0.2) is 49.9 Å². The molecule has 0 unspecified atom stereocenters. The van der Waals surface area contributed by atoms with Crippen LogP contribution in [0.4, 0.5) is 5.95 Å². The van der Waals surface area contributed by atoms with Crippen molar-refractivity contribution < 1.29 is 19.4 Å². The van der Waals surface area contributed by atoms with E-state index in [4.69, 9.17) is 15.2 Å². The summed E-state index contributed by atoms with van der Waals surface area (Å²) >= 11 is 0. The Bertz CT molecular complexity index is 785. The summed E-state index contributed by atoms with van der Waals surface area (Å²) < 4.78 is 12.4. The fraction of sp³-hybridized carbons (Fsp3) is 0.538. The summed E-state index contributed by atoms with van der Waals surface area (Å²) in [5, 5.41) is 9.44. The van der Waals surface area contributed by atoms with Crippen molar-refractivity contribution in [3.63, 3.8) is 0 Å². The molecule has 0 bridgehead atoms. The number of hydrogen-bond donors (Lipinski definition) is 3. The third-order valence-electron chi connectivity index (χ3n) is 3.80. The van der Waals surface area contributed by atoms with Crippen LogP contribution in [0.2, 0.25) is 0 Å². The van der Waals surface area contributed by atoms with E-state index in [0.717, 1.165) is 0 Å². The molecule has 3 atom stereocenters. The molecular weight excluding hydrogens is 306 g/mol. The van der Waals surface area contributed by atoms with Gasteiger partial charge in [-0.2, -0.15) is 4.98 Å². The molecule has 23 heavy (non-hydrogen) atoms. The van der Waals surface area contributed by atoms with Crippen molar-refractivity contribution in [1.82, 2.24) is 19.5 Å². The minimum atomic E-state index is -0.480. The van der Waals surface area contributed by atoms with Gasteiger partial charge >= 0.3 is 5.97 Å². The highest BCUT2D eigenvalue weighted by Crippen LogP contribution is 2.34. The molecular formula is C13H17N5O5. The number of nitrogens with two attached hydrogens (primary N) is 1. The second kappa shape index (κ2) is 5.97. The maximum atomic E-state index is 11.8. The minimum Gasteiger partial charge on any atom is -0.465 e. The van der Waals surface area contributed by atoms with E-state index in [-0.39, 0.29) is 36.6 Å². The van der Waals surface area contributed by atoms with Crippen LogP contribution >= 0.6 is 0 Å². The maximum absolute atomic E-state index is 11.8. The van der Waals surface area contributed by atoms with E-state index in [1.165, 1.54) is 13.3 Å². The van der Waals surface area contributed by atoms with Gasteiger partial charge in [0.1, 0.15) is 6.23 Å². The third-order valence-corrected chi connectivity index (χ3v) is 3.80. The van der Waals surface area contributed by atoms with Gasteiger partial charge in [-0.25, -0.2) is 4.98 Å². The zero-order valence-electron chi connectivity index (χ0n) is 12.4. The van der Waals surface area contributed by atoms with Gasteiger partial charge in [0.15, 0.2) is 11.2 Å². The molecule has 2 aromatic rings. The number of H-pyrrole nitrogens is 1. The summed E-state index contributed by atoms with van der Waals surface area (Å²) in [7, 11) is 0. The van der Waals surface area contributed by atoms with Crippen molar-refractivity contribution in [3.05, 3.63) is 16.7 Å². The molecule has 1 aliphatic rings. The lowest BCUT2D eigenvalue weighted by atomic mass is 10.0.